The molecule has 0 spiro atoms. The zero-order valence-electron chi connectivity index (χ0n) is 10.5. The van der Waals surface area contributed by atoms with Crippen LogP contribution in [0.1, 0.15) is 0 Å². The normalized spacial score (nSPS) is 10.4. The van der Waals surface area contributed by atoms with Gasteiger partial charge in [-0.15, -0.1) is 0 Å². The number of nitro benzene ring substituents is 1. The van der Waals surface area contributed by atoms with Gasteiger partial charge in [-0.2, -0.15) is 0 Å². The summed E-state index contributed by atoms with van der Waals surface area (Å²) >= 11 is 0. The molecule has 5 heteroatoms. The lowest BCUT2D eigenvalue weighted by Gasteiger charge is -1.98. The number of imidazole rings is 1. The number of hydrogen-bond donors (Lipinski definition) is 1. The van der Waals surface area contributed by atoms with Crippen LogP contribution in [0.5, 0.6) is 0 Å². The molecule has 5 nitrogen and oxygen atoms in total. The number of aromatic amines is 1. The molecule has 1 aromatic heterocycles. The molecule has 0 aliphatic heterocycles. The van der Waals surface area contributed by atoms with Crippen LogP contribution in [0.2, 0.25) is 0 Å². The Kier molecular flexibility index (Phi) is 3.01. The lowest BCUT2D eigenvalue weighted by molar-refractivity contribution is -0.384. The van der Waals surface area contributed by atoms with Crippen LogP contribution in [0.25, 0.3) is 22.6 Å². The first-order valence-corrected chi connectivity index (χ1v) is 6.09. The zero-order valence-corrected chi connectivity index (χ0v) is 10.5. The van der Waals surface area contributed by atoms with Gasteiger partial charge in [0, 0.05) is 23.3 Å². The maximum absolute atomic E-state index is 10.8. The van der Waals surface area contributed by atoms with Crippen molar-refractivity contribution in [1.82, 2.24) is 9.97 Å². The van der Waals surface area contributed by atoms with Gasteiger partial charge in [-0.05, 0) is 0 Å². The fourth-order valence-electron chi connectivity index (χ4n) is 2.00. The fraction of sp³-hybridized carbons (Fsp3) is 0. The van der Waals surface area contributed by atoms with E-state index in [4.69, 9.17) is 0 Å². The molecule has 0 bridgehead atoms. The molecular weight excluding hydrogens is 254 g/mol. The summed E-state index contributed by atoms with van der Waals surface area (Å²) in [5.41, 5.74) is 2.55. The standard InChI is InChI=1S/C15H11N3O2/c19-18(20)13-8-4-7-12(9-13)14-10-16-15(17-14)11-5-2-1-3-6-11/h1-10H,(H,16,17). The van der Waals surface area contributed by atoms with Crippen LogP contribution >= 0.6 is 0 Å². The Morgan fingerprint density at radius 1 is 1.00 bits per heavy atom. The van der Waals surface area contributed by atoms with Crippen molar-refractivity contribution in [2.75, 3.05) is 0 Å². The number of benzene rings is 2. The smallest absolute Gasteiger partial charge is 0.270 e. The minimum atomic E-state index is -0.405. The lowest BCUT2D eigenvalue weighted by Crippen LogP contribution is -1.88. The number of H-pyrrole nitrogens is 1. The predicted molar refractivity (Wildman–Crippen MR) is 76.1 cm³/mol. The third kappa shape index (κ3) is 2.29. The molecule has 2 aromatic carbocycles. The average Bonchev–Trinajstić information content (AvgIpc) is 2.98. The van der Waals surface area contributed by atoms with E-state index in [1.807, 2.05) is 36.4 Å². The van der Waals surface area contributed by atoms with Gasteiger partial charge in [0.1, 0.15) is 5.82 Å². The van der Waals surface area contributed by atoms with E-state index >= 15 is 0 Å². The van der Waals surface area contributed by atoms with Crippen LogP contribution in [0.4, 0.5) is 5.69 Å². The first-order valence-electron chi connectivity index (χ1n) is 6.09. The van der Waals surface area contributed by atoms with E-state index in [0.717, 1.165) is 22.6 Å². The Bertz CT molecular complexity index is 751. The molecule has 0 saturated heterocycles. The second kappa shape index (κ2) is 4.97. The van der Waals surface area contributed by atoms with Crippen molar-refractivity contribution in [2.45, 2.75) is 0 Å². The maximum Gasteiger partial charge on any atom is 0.270 e. The minimum absolute atomic E-state index is 0.0679. The van der Waals surface area contributed by atoms with E-state index < -0.39 is 4.92 Å². The molecule has 98 valence electrons. The third-order valence-corrected chi connectivity index (χ3v) is 2.99. The summed E-state index contributed by atoms with van der Waals surface area (Å²) in [5.74, 6) is 0.743. The summed E-state index contributed by atoms with van der Waals surface area (Å²) in [7, 11) is 0. The number of nitrogens with zero attached hydrogens (tertiary/aromatic N) is 2. The van der Waals surface area contributed by atoms with E-state index in [-0.39, 0.29) is 5.69 Å². The quantitative estimate of drug-likeness (QED) is 0.580. The zero-order chi connectivity index (χ0) is 13.9. The van der Waals surface area contributed by atoms with Crippen LogP contribution in [0.15, 0.2) is 60.8 Å². The third-order valence-electron chi connectivity index (χ3n) is 2.99. The molecule has 0 amide bonds. The summed E-state index contributed by atoms with van der Waals surface area (Å²) in [6.07, 6.45) is 1.68. The molecule has 3 aromatic rings. The Balaban J connectivity index is 1.98. The predicted octanol–water partition coefficient (Wildman–Crippen LogP) is 3.65. The number of non-ortho nitro benzene ring substituents is 1. The summed E-state index contributed by atoms with van der Waals surface area (Å²) in [4.78, 5) is 17.9. The van der Waals surface area contributed by atoms with Crippen molar-refractivity contribution < 1.29 is 4.92 Å². The SMILES string of the molecule is O=[N+]([O-])c1cccc(-c2cnc(-c3ccccc3)[nH]2)c1. The topological polar surface area (TPSA) is 71.8 Å². The van der Waals surface area contributed by atoms with Gasteiger partial charge in [-0.3, -0.25) is 10.1 Å². The molecule has 0 saturated carbocycles. The largest absolute Gasteiger partial charge is 0.338 e. The molecule has 0 aliphatic carbocycles. The molecule has 20 heavy (non-hydrogen) atoms. The molecule has 3 rings (SSSR count). The van der Waals surface area contributed by atoms with E-state index in [1.54, 1.807) is 12.3 Å². The van der Waals surface area contributed by atoms with Crippen molar-refractivity contribution in [3.8, 4) is 22.6 Å². The number of nitrogens with one attached hydrogen (secondary N) is 1. The highest BCUT2D eigenvalue weighted by Crippen LogP contribution is 2.24. The maximum atomic E-state index is 10.8. The molecule has 0 radical (unpaired) electrons. The summed E-state index contributed by atoms with van der Waals surface area (Å²) in [5, 5.41) is 10.8. The molecule has 0 fully saturated rings. The number of rotatable bonds is 3. The van der Waals surface area contributed by atoms with Gasteiger partial charge in [-0.25, -0.2) is 4.98 Å². The van der Waals surface area contributed by atoms with E-state index in [0.29, 0.717) is 0 Å². The molecule has 1 N–H and O–H groups in total. The Morgan fingerprint density at radius 3 is 2.50 bits per heavy atom. The van der Waals surface area contributed by atoms with Crippen molar-refractivity contribution >= 4 is 5.69 Å². The summed E-state index contributed by atoms with van der Waals surface area (Å²) in [6, 6.07) is 16.2. The summed E-state index contributed by atoms with van der Waals surface area (Å²) < 4.78 is 0. The molecule has 0 aliphatic rings. The highest BCUT2D eigenvalue weighted by molar-refractivity contribution is 5.66. The van der Waals surface area contributed by atoms with Crippen LogP contribution < -0.4 is 0 Å². The van der Waals surface area contributed by atoms with Gasteiger partial charge in [0.05, 0.1) is 16.8 Å². The molecular formula is C15H11N3O2. The van der Waals surface area contributed by atoms with Crippen molar-refractivity contribution in [3.63, 3.8) is 0 Å². The van der Waals surface area contributed by atoms with Gasteiger partial charge < -0.3 is 4.98 Å². The average molecular weight is 265 g/mol. The second-order valence-corrected chi connectivity index (χ2v) is 4.32. The fourth-order valence-corrected chi connectivity index (χ4v) is 2.00. The van der Waals surface area contributed by atoms with Crippen LogP contribution in [0, 0.1) is 10.1 Å². The molecule has 1 heterocycles. The summed E-state index contributed by atoms with van der Waals surface area (Å²) in [6.45, 7) is 0. The van der Waals surface area contributed by atoms with Gasteiger partial charge in [0.2, 0.25) is 0 Å². The Morgan fingerprint density at radius 2 is 1.75 bits per heavy atom. The first-order chi connectivity index (χ1) is 9.74. The highest BCUT2D eigenvalue weighted by Gasteiger charge is 2.09. The van der Waals surface area contributed by atoms with E-state index in [2.05, 4.69) is 9.97 Å². The Hall–Kier alpha value is -2.95. The lowest BCUT2D eigenvalue weighted by atomic mass is 10.1. The van der Waals surface area contributed by atoms with E-state index in [9.17, 15) is 10.1 Å². The number of hydrogen-bond acceptors (Lipinski definition) is 3. The van der Waals surface area contributed by atoms with Gasteiger partial charge in [0.25, 0.3) is 5.69 Å². The van der Waals surface area contributed by atoms with Gasteiger partial charge in [-0.1, -0.05) is 42.5 Å². The van der Waals surface area contributed by atoms with Crippen molar-refractivity contribution in [3.05, 3.63) is 70.9 Å². The second-order valence-electron chi connectivity index (χ2n) is 4.32. The molecule has 0 atom stereocenters. The minimum Gasteiger partial charge on any atom is -0.338 e. The monoisotopic (exact) mass is 265 g/mol. The number of nitro groups is 1. The molecule has 0 unspecified atom stereocenters. The van der Waals surface area contributed by atoms with Crippen LogP contribution in [0.3, 0.4) is 0 Å². The van der Waals surface area contributed by atoms with Crippen LogP contribution in [-0.4, -0.2) is 14.9 Å². The first kappa shape index (κ1) is 12.1. The van der Waals surface area contributed by atoms with Crippen molar-refractivity contribution in [2.24, 2.45) is 0 Å². The van der Waals surface area contributed by atoms with E-state index in [1.165, 1.54) is 12.1 Å². The number of aromatic nitrogens is 2. The van der Waals surface area contributed by atoms with Crippen molar-refractivity contribution in [1.29, 1.82) is 0 Å². The van der Waals surface area contributed by atoms with Gasteiger partial charge >= 0.3 is 0 Å². The van der Waals surface area contributed by atoms with Gasteiger partial charge in [0.15, 0.2) is 0 Å². The van der Waals surface area contributed by atoms with Crippen LogP contribution in [-0.2, 0) is 0 Å². The highest BCUT2D eigenvalue weighted by atomic mass is 16.6. The Labute approximate surface area is 115 Å².